The van der Waals surface area contributed by atoms with E-state index in [1.54, 1.807) is 15.6 Å². The third kappa shape index (κ3) is 3.26. The van der Waals surface area contributed by atoms with Crippen molar-refractivity contribution in [2.45, 2.75) is 16.8 Å². The Bertz CT molecular complexity index is 1210. The Morgan fingerprint density at radius 1 is 0.966 bits per heavy atom. The number of hydrogen-bond donors (Lipinski definition) is 0. The first kappa shape index (κ1) is 18.1. The van der Waals surface area contributed by atoms with Gasteiger partial charge in [-0.05, 0) is 40.4 Å². The van der Waals surface area contributed by atoms with Crippen molar-refractivity contribution in [3.8, 4) is 5.69 Å². The van der Waals surface area contributed by atoms with Gasteiger partial charge in [0.25, 0.3) is 0 Å². The summed E-state index contributed by atoms with van der Waals surface area (Å²) in [5.41, 5.74) is 1.64. The van der Waals surface area contributed by atoms with Gasteiger partial charge >= 0.3 is 0 Å². The summed E-state index contributed by atoms with van der Waals surface area (Å²) in [7, 11) is 0. The molecule has 1 fully saturated rings. The first-order chi connectivity index (χ1) is 14.2. The van der Waals surface area contributed by atoms with Gasteiger partial charge in [0.2, 0.25) is 11.1 Å². The summed E-state index contributed by atoms with van der Waals surface area (Å²) in [6.07, 6.45) is 0.705. The summed E-state index contributed by atoms with van der Waals surface area (Å²) >= 11 is 7.68. The Morgan fingerprint density at radius 2 is 1.72 bits per heavy atom. The van der Waals surface area contributed by atoms with E-state index in [0.29, 0.717) is 23.1 Å². The summed E-state index contributed by atoms with van der Waals surface area (Å²) in [6, 6.07) is 21.5. The number of nitrogens with zero attached hydrogens (tertiary/aromatic N) is 5. The first-order valence-electron chi connectivity index (χ1n) is 9.21. The van der Waals surface area contributed by atoms with Crippen LogP contribution in [-0.2, 0) is 4.79 Å². The average Bonchev–Trinajstić information content (AvgIpc) is 3.35. The highest BCUT2D eigenvalue weighted by Gasteiger charge is 2.35. The van der Waals surface area contributed by atoms with E-state index in [1.807, 2.05) is 48.5 Å². The van der Waals surface area contributed by atoms with E-state index >= 15 is 0 Å². The average molecular weight is 422 g/mol. The quantitative estimate of drug-likeness (QED) is 0.489. The number of fused-ring (bicyclic) bond motifs is 1. The van der Waals surface area contributed by atoms with Crippen LogP contribution in [0.2, 0.25) is 5.02 Å². The fourth-order valence-corrected chi connectivity index (χ4v) is 4.86. The second kappa shape index (κ2) is 7.50. The molecule has 0 aliphatic carbocycles. The minimum atomic E-state index is -0.258. The number of halogens is 1. The molecule has 0 saturated carbocycles. The Morgan fingerprint density at radius 3 is 2.62 bits per heavy atom. The molecule has 1 atom stereocenters. The van der Waals surface area contributed by atoms with Gasteiger partial charge in [-0.25, -0.2) is 0 Å². The minimum Gasteiger partial charge on any atom is -0.310 e. The van der Waals surface area contributed by atoms with Crippen LogP contribution in [0.1, 0.15) is 6.42 Å². The number of anilines is 1. The molecule has 5 rings (SSSR count). The number of carbonyl (C=O) groups excluding carboxylic acids is 1. The third-order valence-electron chi connectivity index (χ3n) is 4.98. The fraction of sp³-hybridized carbons (Fsp3) is 0.143. The molecular formula is C21H16ClN5OS. The highest BCUT2D eigenvalue weighted by Crippen LogP contribution is 2.36. The maximum absolute atomic E-state index is 13.0. The molecule has 0 bridgehead atoms. The van der Waals surface area contributed by atoms with Gasteiger partial charge in [-0.2, -0.15) is 4.68 Å². The van der Waals surface area contributed by atoms with Gasteiger partial charge in [-0.3, -0.25) is 4.79 Å². The zero-order chi connectivity index (χ0) is 19.8. The van der Waals surface area contributed by atoms with Crippen molar-refractivity contribution in [1.82, 2.24) is 20.2 Å². The standard InChI is InChI=1S/C21H16ClN5OS/c22-16-9-3-4-10-18(16)26-13-12-19(20(26)28)29-21-23-24-25-27(21)17-11-5-7-14-6-1-2-8-15(14)17/h1-11,19H,12-13H2. The van der Waals surface area contributed by atoms with E-state index < -0.39 is 0 Å². The summed E-state index contributed by atoms with van der Waals surface area (Å²) in [5.74, 6) is 0.0237. The van der Waals surface area contributed by atoms with Crippen molar-refractivity contribution < 1.29 is 4.79 Å². The number of para-hydroxylation sites is 1. The molecule has 144 valence electrons. The largest absolute Gasteiger partial charge is 0.310 e. The molecule has 0 spiro atoms. The second-order valence-corrected chi connectivity index (χ2v) is 8.29. The molecule has 1 aliphatic heterocycles. The van der Waals surface area contributed by atoms with Gasteiger partial charge in [-0.15, -0.1) is 5.10 Å². The molecule has 29 heavy (non-hydrogen) atoms. The monoisotopic (exact) mass is 421 g/mol. The van der Waals surface area contributed by atoms with E-state index in [0.717, 1.165) is 22.1 Å². The summed E-state index contributed by atoms with van der Waals surface area (Å²) in [4.78, 5) is 14.8. The summed E-state index contributed by atoms with van der Waals surface area (Å²) < 4.78 is 1.71. The van der Waals surface area contributed by atoms with E-state index in [1.165, 1.54) is 11.8 Å². The van der Waals surface area contributed by atoms with Gasteiger partial charge in [-0.1, -0.05) is 71.9 Å². The molecule has 2 heterocycles. The molecular weight excluding hydrogens is 406 g/mol. The number of thioether (sulfide) groups is 1. The van der Waals surface area contributed by atoms with Crippen LogP contribution in [0.5, 0.6) is 0 Å². The molecule has 8 heteroatoms. The Balaban J connectivity index is 1.44. The van der Waals surface area contributed by atoms with Crippen LogP contribution in [0.3, 0.4) is 0 Å². The van der Waals surface area contributed by atoms with E-state index in [9.17, 15) is 4.79 Å². The molecule has 0 radical (unpaired) electrons. The highest BCUT2D eigenvalue weighted by molar-refractivity contribution is 8.00. The topological polar surface area (TPSA) is 63.9 Å². The van der Waals surface area contributed by atoms with Crippen LogP contribution in [-0.4, -0.2) is 37.9 Å². The van der Waals surface area contributed by atoms with Gasteiger partial charge in [0, 0.05) is 11.9 Å². The van der Waals surface area contributed by atoms with Crippen LogP contribution in [0, 0.1) is 0 Å². The number of tetrazole rings is 1. The van der Waals surface area contributed by atoms with E-state index in [4.69, 9.17) is 11.6 Å². The predicted molar refractivity (Wildman–Crippen MR) is 115 cm³/mol. The SMILES string of the molecule is O=C1C(Sc2nnnn2-c2cccc3ccccc23)CCN1c1ccccc1Cl. The van der Waals surface area contributed by atoms with Crippen molar-refractivity contribution in [2.24, 2.45) is 0 Å². The zero-order valence-electron chi connectivity index (χ0n) is 15.3. The Labute approximate surface area is 176 Å². The first-order valence-corrected chi connectivity index (χ1v) is 10.5. The van der Waals surface area contributed by atoms with Crippen LogP contribution in [0.4, 0.5) is 5.69 Å². The van der Waals surface area contributed by atoms with Gasteiger partial charge in [0.05, 0.1) is 21.6 Å². The molecule has 4 aromatic rings. The van der Waals surface area contributed by atoms with Gasteiger partial charge < -0.3 is 4.90 Å². The van der Waals surface area contributed by atoms with Crippen LogP contribution in [0.15, 0.2) is 71.9 Å². The van der Waals surface area contributed by atoms with Crippen molar-refractivity contribution in [1.29, 1.82) is 0 Å². The maximum atomic E-state index is 13.0. The molecule has 1 saturated heterocycles. The van der Waals surface area contributed by atoms with Crippen molar-refractivity contribution >= 4 is 45.7 Å². The number of benzene rings is 3. The number of carbonyl (C=O) groups is 1. The fourth-order valence-electron chi connectivity index (χ4n) is 3.60. The van der Waals surface area contributed by atoms with Crippen molar-refractivity contribution in [3.63, 3.8) is 0 Å². The molecule has 1 amide bonds. The Hall–Kier alpha value is -2.90. The maximum Gasteiger partial charge on any atom is 0.240 e. The molecule has 1 unspecified atom stereocenters. The molecule has 1 aromatic heterocycles. The lowest BCUT2D eigenvalue weighted by atomic mass is 10.1. The summed E-state index contributed by atoms with van der Waals surface area (Å²) in [5, 5.41) is 15.3. The van der Waals surface area contributed by atoms with Crippen LogP contribution >= 0.6 is 23.4 Å². The number of amides is 1. The van der Waals surface area contributed by atoms with Crippen LogP contribution < -0.4 is 4.90 Å². The van der Waals surface area contributed by atoms with Crippen LogP contribution in [0.25, 0.3) is 16.5 Å². The Kier molecular flexibility index (Phi) is 4.69. The van der Waals surface area contributed by atoms with Crippen molar-refractivity contribution in [2.75, 3.05) is 11.4 Å². The minimum absolute atomic E-state index is 0.0237. The lowest BCUT2D eigenvalue weighted by Crippen LogP contribution is -2.28. The number of hydrogen-bond acceptors (Lipinski definition) is 5. The van der Waals surface area contributed by atoms with E-state index in [-0.39, 0.29) is 11.2 Å². The summed E-state index contributed by atoms with van der Waals surface area (Å²) in [6.45, 7) is 0.621. The number of rotatable bonds is 4. The third-order valence-corrected chi connectivity index (χ3v) is 6.49. The number of aromatic nitrogens is 4. The zero-order valence-corrected chi connectivity index (χ0v) is 16.8. The van der Waals surface area contributed by atoms with Gasteiger partial charge in [0.15, 0.2) is 0 Å². The lowest BCUT2D eigenvalue weighted by Gasteiger charge is -2.18. The highest BCUT2D eigenvalue weighted by atomic mass is 35.5. The second-order valence-electron chi connectivity index (χ2n) is 6.71. The molecule has 1 aliphatic rings. The van der Waals surface area contributed by atoms with Crippen molar-refractivity contribution in [3.05, 3.63) is 71.8 Å². The van der Waals surface area contributed by atoms with Gasteiger partial charge in [0.1, 0.15) is 0 Å². The molecule has 0 N–H and O–H groups in total. The molecule has 3 aromatic carbocycles. The smallest absolute Gasteiger partial charge is 0.240 e. The normalized spacial score (nSPS) is 16.7. The predicted octanol–water partition coefficient (Wildman–Crippen LogP) is 4.37. The lowest BCUT2D eigenvalue weighted by molar-refractivity contribution is -0.116. The molecule has 6 nitrogen and oxygen atoms in total. The van der Waals surface area contributed by atoms with E-state index in [2.05, 4.69) is 27.7 Å².